The average molecular weight is 291 g/mol. The van der Waals surface area contributed by atoms with Gasteiger partial charge in [0.15, 0.2) is 0 Å². The smallest absolute Gasteiger partial charge is 0.309 e. The van der Waals surface area contributed by atoms with E-state index in [9.17, 15) is 4.79 Å². The Morgan fingerprint density at radius 2 is 2.29 bits per heavy atom. The van der Waals surface area contributed by atoms with Gasteiger partial charge in [-0.05, 0) is 50.4 Å². The van der Waals surface area contributed by atoms with Crippen LogP contribution in [0.1, 0.15) is 24.8 Å². The fraction of sp³-hybridized carbons (Fsp3) is 0.588. The number of rotatable bonds is 6. The first-order valence-corrected chi connectivity index (χ1v) is 7.68. The molecule has 0 spiro atoms. The number of carbonyl (C=O) groups is 1. The molecule has 0 amide bonds. The van der Waals surface area contributed by atoms with Gasteiger partial charge >= 0.3 is 5.97 Å². The number of aryl methyl sites for hydroxylation is 1. The SMILES string of the molecule is COC(=O)C1CCCN(CCCOc2cccc(C)c2)C1. The summed E-state index contributed by atoms with van der Waals surface area (Å²) in [6.07, 6.45) is 2.99. The Kier molecular flexibility index (Phi) is 6.05. The molecule has 1 aromatic carbocycles. The van der Waals surface area contributed by atoms with Gasteiger partial charge in [0.1, 0.15) is 5.75 Å². The van der Waals surface area contributed by atoms with E-state index >= 15 is 0 Å². The fourth-order valence-corrected chi connectivity index (χ4v) is 2.80. The van der Waals surface area contributed by atoms with Gasteiger partial charge < -0.3 is 14.4 Å². The molecule has 0 N–H and O–H groups in total. The second kappa shape index (κ2) is 8.03. The number of benzene rings is 1. The van der Waals surface area contributed by atoms with Crippen molar-refractivity contribution in [3.63, 3.8) is 0 Å². The van der Waals surface area contributed by atoms with Crippen molar-refractivity contribution in [2.75, 3.05) is 33.4 Å². The van der Waals surface area contributed by atoms with Crippen molar-refractivity contribution < 1.29 is 14.3 Å². The standard InChI is InChI=1S/C17H25NO3/c1-14-6-3-8-16(12-14)21-11-5-10-18-9-4-7-15(13-18)17(19)20-2/h3,6,8,12,15H,4-5,7,9-11,13H2,1-2H3. The van der Waals surface area contributed by atoms with Gasteiger partial charge in [0.05, 0.1) is 19.6 Å². The van der Waals surface area contributed by atoms with E-state index in [1.165, 1.54) is 12.7 Å². The Morgan fingerprint density at radius 3 is 3.05 bits per heavy atom. The molecule has 4 heteroatoms. The molecule has 4 nitrogen and oxygen atoms in total. The molecule has 1 unspecified atom stereocenters. The first-order valence-electron chi connectivity index (χ1n) is 7.68. The maximum atomic E-state index is 11.6. The number of hydrogen-bond acceptors (Lipinski definition) is 4. The Balaban J connectivity index is 1.67. The van der Waals surface area contributed by atoms with Crippen molar-refractivity contribution in [1.82, 2.24) is 4.90 Å². The molecular formula is C17H25NO3. The third-order valence-electron chi connectivity index (χ3n) is 3.92. The molecule has 1 aliphatic rings. The summed E-state index contributed by atoms with van der Waals surface area (Å²) in [6, 6.07) is 8.11. The minimum Gasteiger partial charge on any atom is -0.494 e. The van der Waals surface area contributed by atoms with Crippen LogP contribution in [0.5, 0.6) is 5.75 Å². The number of ether oxygens (including phenoxy) is 2. The van der Waals surface area contributed by atoms with Gasteiger partial charge in [0.25, 0.3) is 0 Å². The molecule has 0 aliphatic carbocycles. The third-order valence-corrected chi connectivity index (χ3v) is 3.92. The molecule has 1 aromatic rings. The van der Waals surface area contributed by atoms with E-state index in [2.05, 4.69) is 17.9 Å². The molecule has 2 rings (SSSR count). The lowest BCUT2D eigenvalue weighted by Crippen LogP contribution is -2.39. The van der Waals surface area contributed by atoms with Crippen LogP contribution in [0.4, 0.5) is 0 Å². The van der Waals surface area contributed by atoms with Crippen LogP contribution in [0.15, 0.2) is 24.3 Å². The predicted molar refractivity (Wildman–Crippen MR) is 82.5 cm³/mol. The molecule has 0 radical (unpaired) electrons. The summed E-state index contributed by atoms with van der Waals surface area (Å²) in [7, 11) is 1.47. The lowest BCUT2D eigenvalue weighted by Gasteiger charge is -2.31. The molecule has 1 aliphatic heterocycles. The lowest BCUT2D eigenvalue weighted by atomic mass is 9.98. The van der Waals surface area contributed by atoms with Crippen LogP contribution in [0, 0.1) is 12.8 Å². The summed E-state index contributed by atoms with van der Waals surface area (Å²) in [4.78, 5) is 13.9. The molecule has 0 saturated carbocycles. The molecule has 0 bridgehead atoms. The summed E-state index contributed by atoms with van der Waals surface area (Å²) >= 11 is 0. The van der Waals surface area contributed by atoms with Gasteiger partial charge in [-0.25, -0.2) is 0 Å². The maximum absolute atomic E-state index is 11.6. The summed E-state index contributed by atoms with van der Waals surface area (Å²) in [5.41, 5.74) is 1.21. The van der Waals surface area contributed by atoms with Crippen molar-refractivity contribution in [3.8, 4) is 5.75 Å². The third kappa shape index (κ3) is 5.05. The van der Waals surface area contributed by atoms with Gasteiger partial charge in [-0.1, -0.05) is 12.1 Å². The number of hydrogen-bond donors (Lipinski definition) is 0. The molecule has 1 fully saturated rings. The molecule has 1 heterocycles. The number of carbonyl (C=O) groups excluding carboxylic acids is 1. The number of nitrogens with zero attached hydrogens (tertiary/aromatic N) is 1. The molecule has 116 valence electrons. The zero-order valence-electron chi connectivity index (χ0n) is 13.0. The van der Waals surface area contributed by atoms with Crippen LogP contribution in [0.2, 0.25) is 0 Å². The number of esters is 1. The predicted octanol–water partition coefficient (Wildman–Crippen LogP) is 2.65. The van der Waals surface area contributed by atoms with E-state index in [0.717, 1.165) is 44.6 Å². The minimum absolute atomic E-state index is 0.0430. The topological polar surface area (TPSA) is 38.8 Å². The Bertz CT molecular complexity index is 461. The van der Waals surface area contributed by atoms with Crippen molar-refractivity contribution in [3.05, 3.63) is 29.8 Å². The molecule has 0 aromatic heterocycles. The van der Waals surface area contributed by atoms with Crippen LogP contribution < -0.4 is 4.74 Å². The highest BCUT2D eigenvalue weighted by molar-refractivity contribution is 5.72. The van der Waals surface area contributed by atoms with E-state index in [1.807, 2.05) is 18.2 Å². The molecule has 21 heavy (non-hydrogen) atoms. The normalized spacial score (nSPS) is 19.2. The lowest BCUT2D eigenvalue weighted by molar-refractivity contribution is -0.147. The second-order valence-electron chi connectivity index (χ2n) is 5.68. The van der Waals surface area contributed by atoms with Gasteiger partial charge in [-0.2, -0.15) is 0 Å². The van der Waals surface area contributed by atoms with Crippen molar-refractivity contribution in [2.24, 2.45) is 5.92 Å². The van der Waals surface area contributed by atoms with Crippen LogP contribution in [-0.4, -0.2) is 44.2 Å². The number of methoxy groups -OCH3 is 1. The van der Waals surface area contributed by atoms with Crippen LogP contribution in [0.3, 0.4) is 0 Å². The highest BCUT2D eigenvalue weighted by Gasteiger charge is 2.25. The van der Waals surface area contributed by atoms with Crippen molar-refractivity contribution >= 4 is 5.97 Å². The summed E-state index contributed by atoms with van der Waals surface area (Å²) < 4.78 is 10.6. The molecule has 1 saturated heterocycles. The van der Waals surface area contributed by atoms with E-state index in [4.69, 9.17) is 9.47 Å². The first-order chi connectivity index (χ1) is 10.2. The van der Waals surface area contributed by atoms with E-state index < -0.39 is 0 Å². The van der Waals surface area contributed by atoms with E-state index in [0.29, 0.717) is 6.61 Å². The van der Waals surface area contributed by atoms with Crippen molar-refractivity contribution in [2.45, 2.75) is 26.2 Å². The van der Waals surface area contributed by atoms with Crippen LogP contribution in [-0.2, 0) is 9.53 Å². The zero-order valence-corrected chi connectivity index (χ0v) is 13.0. The first kappa shape index (κ1) is 15.8. The maximum Gasteiger partial charge on any atom is 0.309 e. The van der Waals surface area contributed by atoms with Crippen LogP contribution in [0.25, 0.3) is 0 Å². The Hall–Kier alpha value is -1.55. The summed E-state index contributed by atoms with van der Waals surface area (Å²) in [5.74, 6) is 0.901. The average Bonchev–Trinajstić information content (AvgIpc) is 2.51. The van der Waals surface area contributed by atoms with Gasteiger partial charge in [-0.3, -0.25) is 4.79 Å². The fourth-order valence-electron chi connectivity index (χ4n) is 2.80. The molecular weight excluding hydrogens is 266 g/mol. The van der Waals surface area contributed by atoms with Gasteiger partial charge in [-0.15, -0.1) is 0 Å². The Morgan fingerprint density at radius 1 is 1.43 bits per heavy atom. The number of likely N-dealkylation sites (tertiary alicyclic amines) is 1. The number of piperidine rings is 1. The van der Waals surface area contributed by atoms with Gasteiger partial charge in [0.2, 0.25) is 0 Å². The van der Waals surface area contributed by atoms with Crippen LogP contribution >= 0.6 is 0 Å². The van der Waals surface area contributed by atoms with Gasteiger partial charge in [0, 0.05) is 13.1 Å². The van der Waals surface area contributed by atoms with E-state index in [1.54, 1.807) is 0 Å². The highest BCUT2D eigenvalue weighted by atomic mass is 16.5. The zero-order chi connectivity index (χ0) is 15.1. The summed E-state index contributed by atoms with van der Waals surface area (Å²) in [5, 5.41) is 0. The molecule has 1 atom stereocenters. The van der Waals surface area contributed by atoms with Crippen molar-refractivity contribution in [1.29, 1.82) is 0 Å². The second-order valence-corrected chi connectivity index (χ2v) is 5.68. The largest absolute Gasteiger partial charge is 0.494 e. The summed E-state index contributed by atoms with van der Waals surface area (Å²) in [6.45, 7) is 5.63. The van der Waals surface area contributed by atoms with E-state index in [-0.39, 0.29) is 11.9 Å². The quantitative estimate of drug-likeness (QED) is 0.596. The Labute approximate surface area is 127 Å². The monoisotopic (exact) mass is 291 g/mol. The minimum atomic E-state index is -0.0734. The highest BCUT2D eigenvalue weighted by Crippen LogP contribution is 2.18.